The van der Waals surface area contributed by atoms with Crippen molar-refractivity contribution in [1.29, 1.82) is 0 Å². The molecule has 0 saturated heterocycles. The Morgan fingerprint density at radius 3 is 2.71 bits per heavy atom. The van der Waals surface area contributed by atoms with E-state index in [1.807, 2.05) is 13.1 Å². The van der Waals surface area contributed by atoms with E-state index in [0.29, 0.717) is 5.75 Å². The molecule has 0 atom stereocenters. The van der Waals surface area contributed by atoms with Gasteiger partial charge in [0, 0.05) is 6.07 Å². The minimum Gasteiger partial charge on any atom is -0.543 e. The van der Waals surface area contributed by atoms with Gasteiger partial charge in [0.15, 0.2) is 5.82 Å². The SMILES string of the molecule is C[Si](C)Oc1ccc(N=C=O)c(F)c1. The third-order valence-corrected chi connectivity index (χ3v) is 2.05. The fraction of sp³-hybridized carbons (Fsp3) is 0.222. The monoisotopic (exact) mass is 210 g/mol. The molecule has 0 bridgehead atoms. The maximum Gasteiger partial charge on any atom is 0.274 e. The lowest BCUT2D eigenvalue weighted by Gasteiger charge is -2.08. The van der Waals surface area contributed by atoms with Gasteiger partial charge in [0.1, 0.15) is 11.4 Å². The van der Waals surface area contributed by atoms with Crippen molar-refractivity contribution in [1.82, 2.24) is 0 Å². The zero-order valence-corrected chi connectivity index (χ0v) is 8.87. The normalized spacial score (nSPS) is 9.71. The van der Waals surface area contributed by atoms with Crippen LogP contribution in [0.2, 0.25) is 13.1 Å². The van der Waals surface area contributed by atoms with Crippen LogP contribution in [-0.4, -0.2) is 15.1 Å². The summed E-state index contributed by atoms with van der Waals surface area (Å²) < 4.78 is 18.5. The second-order valence-corrected chi connectivity index (χ2v) is 4.85. The molecule has 1 aromatic rings. The zero-order chi connectivity index (χ0) is 10.6. The van der Waals surface area contributed by atoms with Crippen molar-refractivity contribution >= 4 is 20.8 Å². The van der Waals surface area contributed by atoms with E-state index in [2.05, 4.69) is 4.99 Å². The van der Waals surface area contributed by atoms with Crippen LogP contribution in [0.25, 0.3) is 0 Å². The molecule has 5 heteroatoms. The van der Waals surface area contributed by atoms with Gasteiger partial charge in [0.05, 0.1) is 0 Å². The van der Waals surface area contributed by atoms with E-state index in [1.54, 1.807) is 6.07 Å². The Morgan fingerprint density at radius 1 is 1.50 bits per heavy atom. The van der Waals surface area contributed by atoms with Gasteiger partial charge in [-0.15, -0.1) is 0 Å². The highest BCUT2D eigenvalue weighted by atomic mass is 28.3. The first kappa shape index (κ1) is 10.6. The van der Waals surface area contributed by atoms with E-state index in [1.165, 1.54) is 18.2 Å². The first-order chi connectivity index (χ1) is 6.63. The molecule has 0 heterocycles. The summed E-state index contributed by atoms with van der Waals surface area (Å²) in [7, 11) is -0.903. The van der Waals surface area contributed by atoms with Crippen molar-refractivity contribution in [2.45, 2.75) is 13.1 Å². The van der Waals surface area contributed by atoms with Gasteiger partial charge in [0.25, 0.3) is 9.04 Å². The van der Waals surface area contributed by atoms with Crippen LogP contribution in [0.3, 0.4) is 0 Å². The van der Waals surface area contributed by atoms with E-state index in [4.69, 9.17) is 4.43 Å². The van der Waals surface area contributed by atoms with Crippen molar-refractivity contribution in [2.24, 2.45) is 4.99 Å². The molecule has 0 aliphatic heterocycles. The Hall–Kier alpha value is -1.45. The third-order valence-electron chi connectivity index (χ3n) is 1.41. The predicted molar refractivity (Wildman–Crippen MR) is 52.3 cm³/mol. The van der Waals surface area contributed by atoms with Gasteiger partial charge < -0.3 is 4.43 Å². The maximum atomic E-state index is 13.1. The first-order valence-corrected chi connectivity index (χ1v) is 6.39. The fourth-order valence-electron chi connectivity index (χ4n) is 0.927. The van der Waals surface area contributed by atoms with Gasteiger partial charge in [-0.25, -0.2) is 9.18 Å². The summed E-state index contributed by atoms with van der Waals surface area (Å²) in [5.41, 5.74) is -0.0201. The minimum atomic E-state index is -0.903. The molecule has 0 amide bonds. The highest BCUT2D eigenvalue weighted by molar-refractivity contribution is 6.49. The largest absolute Gasteiger partial charge is 0.543 e. The summed E-state index contributed by atoms with van der Waals surface area (Å²) >= 11 is 0. The molecule has 0 aromatic heterocycles. The Labute approximate surface area is 83.0 Å². The Kier molecular flexibility index (Phi) is 3.56. The molecule has 1 rings (SSSR count). The maximum absolute atomic E-state index is 13.1. The fourth-order valence-corrected chi connectivity index (χ4v) is 1.53. The highest BCUT2D eigenvalue weighted by Crippen LogP contribution is 2.22. The van der Waals surface area contributed by atoms with Crippen LogP contribution in [0.1, 0.15) is 0 Å². The molecule has 1 aromatic carbocycles. The van der Waals surface area contributed by atoms with Crippen LogP contribution < -0.4 is 4.43 Å². The molecule has 1 radical (unpaired) electrons. The molecule has 3 nitrogen and oxygen atoms in total. The van der Waals surface area contributed by atoms with Crippen LogP contribution in [-0.2, 0) is 4.79 Å². The van der Waals surface area contributed by atoms with Crippen molar-refractivity contribution in [3.63, 3.8) is 0 Å². The second-order valence-electron chi connectivity index (χ2n) is 2.83. The molecule has 0 spiro atoms. The lowest BCUT2D eigenvalue weighted by Crippen LogP contribution is -2.11. The molecular weight excluding hydrogens is 201 g/mol. The van der Waals surface area contributed by atoms with Gasteiger partial charge in [0.2, 0.25) is 6.08 Å². The number of halogens is 1. The number of aliphatic imine (C=N–C) groups is 1. The van der Waals surface area contributed by atoms with Crippen LogP contribution in [0.5, 0.6) is 5.75 Å². The van der Waals surface area contributed by atoms with Gasteiger partial charge in [-0.2, -0.15) is 4.99 Å². The standard InChI is InChI=1S/C9H9FNO2Si/c1-14(2)13-7-3-4-9(11-6-12)8(10)5-7/h3-5H,1-2H3. The molecule has 0 fully saturated rings. The average molecular weight is 210 g/mol. The van der Waals surface area contributed by atoms with E-state index in [9.17, 15) is 9.18 Å². The lowest BCUT2D eigenvalue weighted by molar-refractivity contribution is 0.559. The highest BCUT2D eigenvalue weighted by Gasteiger charge is 2.05. The number of nitrogens with zero attached hydrogens (tertiary/aromatic N) is 1. The summed E-state index contributed by atoms with van der Waals surface area (Å²) in [5, 5.41) is 0. The van der Waals surface area contributed by atoms with E-state index >= 15 is 0 Å². The van der Waals surface area contributed by atoms with Gasteiger partial charge in [-0.1, -0.05) is 0 Å². The van der Waals surface area contributed by atoms with E-state index in [0.717, 1.165) is 0 Å². The Morgan fingerprint density at radius 2 is 2.21 bits per heavy atom. The first-order valence-electron chi connectivity index (χ1n) is 3.99. The lowest BCUT2D eigenvalue weighted by atomic mass is 10.3. The number of hydrogen-bond donors (Lipinski definition) is 0. The summed E-state index contributed by atoms with van der Waals surface area (Å²) in [6.45, 7) is 3.89. The smallest absolute Gasteiger partial charge is 0.274 e. The molecule has 73 valence electrons. The molecule has 14 heavy (non-hydrogen) atoms. The van der Waals surface area contributed by atoms with Crippen LogP contribution in [0.15, 0.2) is 23.2 Å². The number of carbonyl (C=O) groups excluding carboxylic acids is 1. The summed E-state index contributed by atoms with van der Waals surface area (Å²) in [6, 6.07) is 4.19. The Bertz CT molecular complexity index is 375. The number of benzene rings is 1. The average Bonchev–Trinajstić information content (AvgIpc) is 2.09. The molecular formula is C9H9FNO2Si. The molecule has 0 N–H and O–H groups in total. The summed E-state index contributed by atoms with van der Waals surface area (Å²) in [4.78, 5) is 13.1. The molecule has 0 aliphatic rings. The number of hydrogen-bond acceptors (Lipinski definition) is 3. The van der Waals surface area contributed by atoms with Gasteiger partial charge >= 0.3 is 0 Å². The number of isocyanates is 1. The summed E-state index contributed by atoms with van der Waals surface area (Å²) in [6.07, 6.45) is 1.29. The van der Waals surface area contributed by atoms with Crippen molar-refractivity contribution < 1.29 is 13.6 Å². The second kappa shape index (κ2) is 4.69. The van der Waals surface area contributed by atoms with E-state index in [-0.39, 0.29) is 5.69 Å². The molecule has 0 saturated carbocycles. The Balaban J connectivity index is 2.94. The van der Waals surface area contributed by atoms with E-state index < -0.39 is 14.9 Å². The number of rotatable bonds is 3. The minimum absolute atomic E-state index is 0.0201. The van der Waals surface area contributed by atoms with Gasteiger partial charge in [-0.05, 0) is 25.2 Å². The van der Waals surface area contributed by atoms with Crippen molar-refractivity contribution in [3.8, 4) is 5.75 Å². The zero-order valence-electron chi connectivity index (χ0n) is 7.87. The quantitative estimate of drug-likeness (QED) is 0.436. The molecule has 0 unspecified atom stereocenters. The topological polar surface area (TPSA) is 38.7 Å². The summed E-state index contributed by atoms with van der Waals surface area (Å²) in [5.74, 6) is -0.111. The van der Waals surface area contributed by atoms with Crippen LogP contribution >= 0.6 is 0 Å². The third kappa shape index (κ3) is 2.79. The predicted octanol–water partition coefficient (Wildman–Crippen LogP) is 2.42. The van der Waals surface area contributed by atoms with Crippen LogP contribution in [0, 0.1) is 5.82 Å². The molecule has 0 aliphatic carbocycles. The van der Waals surface area contributed by atoms with Crippen molar-refractivity contribution in [2.75, 3.05) is 0 Å². The van der Waals surface area contributed by atoms with Crippen LogP contribution in [0.4, 0.5) is 10.1 Å². The van der Waals surface area contributed by atoms with Crippen molar-refractivity contribution in [3.05, 3.63) is 24.0 Å². The van der Waals surface area contributed by atoms with Gasteiger partial charge in [-0.3, -0.25) is 0 Å².